The average Bonchev–Trinajstić information content (AvgIpc) is 2.34. The second kappa shape index (κ2) is 7.17. The summed E-state index contributed by atoms with van der Waals surface area (Å²) in [5.74, 6) is -0.227. The van der Waals surface area contributed by atoms with Crippen LogP contribution >= 0.6 is 0 Å². The van der Waals surface area contributed by atoms with Gasteiger partial charge in [0.25, 0.3) is 0 Å². The van der Waals surface area contributed by atoms with E-state index in [0.717, 1.165) is 25.9 Å². The molecule has 1 rings (SSSR count). The number of benzene rings is 1. The minimum absolute atomic E-state index is 0.0772. The average molecular weight is 237 g/mol. The summed E-state index contributed by atoms with van der Waals surface area (Å²) in [6.07, 6.45) is 2.81. The van der Waals surface area contributed by atoms with Crippen LogP contribution in [0.3, 0.4) is 0 Å². The van der Waals surface area contributed by atoms with E-state index in [1.807, 2.05) is 7.05 Å². The van der Waals surface area contributed by atoms with E-state index in [-0.39, 0.29) is 11.6 Å². The number of unbranched alkanes of at least 4 members (excludes halogenated alkanes) is 1. The van der Waals surface area contributed by atoms with Crippen LogP contribution in [0.15, 0.2) is 24.3 Å². The lowest BCUT2D eigenvalue weighted by Gasteiger charge is -2.15. The number of carbonyl (C=O) groups is 1. The van der Waals surface area contributed by atoms with E-state index in [4.69, 9.17) is 0 Å². The molecule has 0 unspecified atom stereocenters. The summed E-state index contributed by atoms with van der Waals surface area (Å²) in [7, 11) is 2.02. The van der Waals surface area contributed by atoms with Gasteiger partial charge >= 0.3 is 0 Å². The first kappa shape index (κ1) is 13.8. The third-order valence-electron chi connectivity index (χ3n) is 2.78. The number of hydrogen-bond donors (Lipinski definition) is 0. The number of hydrogen-bond acceptors (Lipinski definition) is 2. The third kappa shape index (κ3) is 5.09. The molecule has 0 aromatic heterocycles. The maximum atomic E-state index is 12.7. The van der Waals surface area contributed by atoms with Crippen molar-refractivity contribution in [1.82, 2.24) is 4.90 Å². The fourth-order valence-electron chi connectivity index (χ4n) is 1.61. The highest BCUT2D eigenvalue weighted by atomic mass is 19.1. The molecule has 3 heteroatoms. The van der Waals surface area contributed by atoms with Gasteiger partial charge in [0, 0.05) is 18.5 Å². The van der Waals surface area contributed by atoms with Crippen LogP contribution < -0.4 is 0 Å². The summed E-state index contributed by atoms with van der Waals surface area (Å²) in [6.45, 7) is 3.93. The van der Waals surface area contributed by atoms with Gasteiger partial charge in [-0.25, -0.2) is 4.39 Å². The summed E-state index contributed by atoms with van der Waals surface area (Å²) >= 11 is 0. The Morgan fingerprint density at radius 1 is 1.24 bits per heavy atom. The zero-order valence-corrected chi connectivity index (χ0v) is 10.6. The molecule has 0 fully saturated rings. The number of ketones is 1. The molecule has 0 aliphatic rings. The molecule has 0 N–H and O–H groups in total. The highest BCUT2D eigenvalue weighted by Crippen LogP contribution is 2.06. The Morgan fingerprint density at radius 3 is 2.47 bits per heavy atom. The fraction of sp³-hybridized carbons (Fsp3) is 0.500. The van der Waals surface area contributed by atoms with Crippen molar-refractivity contribution >= 4 is 5.78 Å². The van der Waals surface area contributed by atoms with Crippen LogP contribution in [0.4, 0.5) is 4.39 Å². The fourth-order valence-corrected chi connectivity index (χ4v) is 1.61. The zero-order chi connectivity index (χ0) is 12.7. The van der Waals surface area contributed by atoms with E-state index in [1.165, 1.54) is 12.1 Å². The van der Waals surface area contributed by atoms with Crippen LogP contribution in [0.5, 0.6) is 0 Å². The molecule has 0 amide bonds. The lowest BCUT2D eigenvalue weighted by Crippen LogP contribution is -2.22. The number of rotatable bonds is 7. The van der Waals surface area contributed by atoms with Crippen molar-refractivity contribution < 1.29 is 9.18 Å². The lowest BCUT2D eigenvalue weighted by atomic mass is 10.1. The predicted octanol–water partition coefficient (Wildman–Crippen LogP) is 3.13. The molecule has 17 heavy (non-hydrogen) atoms. The van der Waals surface area contributed by atoms with E-state index < -0.39 is 0 Å². The quantitative estimate of drug-likeness (QED) is 0.679. The van der Waals surface area contributed by atoms with Crippen molar-refractivity contribution in [3.8, 4) is 0 Å². The predicted molar refractivity (Wildman–Crippen MR) is 67.8 cm³/mol. The standard InChI is InChI=1S/C14H20FNO/c1-3-4-10-16(2)11-9-14(17)12-5-7-13(15)8-6-12/h5-8H,3-4,9-11H2,1-2H3. The molecule has 1 aromatic carbocycles. The molecule has 94 valence electrons. The highest BCUT2D eigenvalue weighted by molar-refractivity contribution is 5.96. The Morgan fingerprint density at radius 2 is 1.88 bits per heavy atom. The van der Waals surface area contributed by atoms with Gasteiger partial charge < -0.3 is 4.90 Å². The van der Waals surface area contributed by atoms with Gasteiger partial charge in [0.2, 0.25) is 0 Å². The topological polar surface area (TPSA) is 20.3 Å². The SMILES string of the molecule is CCCCN(C)CCC(=O)c1ccc(F)cc1. The highest BCUT2D eigenvalue weighted by Gasteiger charge is 2.07. The van der Waals surface area contributed by atoms with Gasteiger partial charge in [-0.2, -0.15) is 0 Å². The van der Waals surface area contributed by atoms with Crippen molar-refractivity contribution in [3.05, 3.63) is 35.6 Å². The molecule has 0 spiro atoms. The van der Waals surface area contributed by atoms with E-state index in [0.29, 0.717) is 12.0 Å². The maximum Gasteiger partial charge on any atom is 0.164 e. The van der Waals surface area contributed by atoms with Gasteiger partial charge in [0.1, 0.15) is 5.82 Å². The van der Waals surface area contributed by atoms with Crippen molar-refractivity contribution in [3.63, 3.8) is 0 Å². The van der Waals surface area contributed by atoms with Crippen LogP contribution in [0, 0.1) is 5.82 Å². The van der Waals surface area contributed by atoms with E-state index in [2.05, 4.69) is 11.8 Å². The van der Waals surface area contributed by atoms with E-state index in [9.17, 15) is 9.18 Å². The Bertz CT molecular complexity index is 348. The molecule has 0 aliphatic heterocycles. The van der Waals surface area contributed by atoms with Crippen LogP contribution in [-0.2, 0) is 0 Å². The maximum absolute atomic E-state index is 12.7. The molecule has 0 atom stereocenters. The third-order valence-corrected chi connectivity index (χ3v) is 2.78. The molecule has 0 saturated carbocycles. The van der Waals surface area contributed by atoms with Crippen LogP contribution in [-0.4, -0.2) is 30.8 Å². The molecule has 0 aliphatic carbocycles. The van der Waals surface area contributed by atoms with E-state index >= 15 is 0 Å². The number of nitrogens with zero attached hydrogens (tertiary/aromatic N) is 1. The summed E-state index contributed by atoms with van der Waals surface area (Å²) in [5.41, 5.74) is 0.593. The number of carbonyl (C=O) groups excluding carboxylic acids is 1. The monoisotopic (exact) mass is 237 g/mol. The van der Waals surface area contributed by atoms with Gasteiger partial charge in [-0.05, 0) is 44.3 Å². The first-order chi connectivity index (χ1) is 8.13. The Balaban J connectivity index is 2.36. The molecule has 0 saturated heterocycles. The van der Waals surface area contributed by atoms with Gasteiger partial charge in [-0.15, -0.1) is 0 Å². The van der Waals surface area contributed by atoms with Crippen LogP contribution in [0.2, 0.25) is 0 Å². The summed E-state index contributed by atoms with van der Waals surface area (Å²) in [6, 6.07) is 5.75. The molecule has 0 bridgehead atoms. The van der Waals surface area contributed by atoms with Gasteiger partial charge in [-0.3, -0.25) is 4.79 Å². The summed E-state index contributed by atoms with van der Waals surface area (Å²) in [4.78, 5) is 13.9. The van der Waals surface area contributed by atoms with Crippen molar-refractivity contribution in [2.24, 2.45) is 0 Å². The Labute approximate surface area is 102 Å². The Kier molecular flexibility index (Phi) is 5.84. The summed E-state index contributed by atoms with van der Waals surface area (Å²) < 4.78 is 12.7. The minimum atomic E-state index is -0.304. The Hall–Kier alpha value is -1.22. The first-order valence-electron chi connectivity index (χ1n) is 6.10. The van der Waals surface area contributed by atoms with E-state index in [1.54, 1.807) is 12.1 Å². The van der Waals surface area contributed by atoms with Crippen molar-refractivity contribution in [1.29, 1.82) is 0 Å². The van der Waals surface area contributed by atoms with Gasteiger partial charge in [0.05, 0.1) is 0 Å². The van der Waals surface area contributed by atoms with Crippen molar-refractivity contribution in [2.45, 2.75) is 26.2 Å². The second-order valence-corrected chi connectivity index (χ2v) is 4.34. The molecule has 0 heterocycles. The van der Waals surface area contributed by atoms with Crippen molar-refractivity contribution in [2.75, 3.05) is 20.1 Å². The lowest BCUT2D eigenvalue weighted by molar-refractivity contribution is 0.0969. The first-order valence-corrected chi connectivity index (χ1v) is 6.10. The van der Waals surface area contributed by atoms with Crippen LogP contribution in [0.25, 0.3) is 0 Å². The molecule has 2 nitrogen and oxygen atoms in total. The summed E-state index contributed by atoms with van der Waals surface area (Å²) in [5, 5.41) is 0. The van der Waals surface area contributed by atoms with Gasteiger partial charge in [0.15, 0.2) is 5.78 Å². The largest absolute Gasteiger partial charge is 0.306 e. The minimum Gasteiger partial charge on any atom is -0.306 e. The smallest absolute Gasteiger partial charge is 0.164 e. The molecule has 1 aromatic rings. The number of halogens is 1. The van der Waals surface area contributed by atoms with Crippen LogP contribution in [0.1, 0.15) is 36.5 Å². The van der Waals surface area contributed by atoms with Gasteiger partial charge in [-0.1, -0.05) is 13.3 Å². The second-order valence-electron chi connectivity index (χ2n) is 4.34. The normalized spacial score (nSPS) is 10.8. The molecular formula is C14H20FNO. The molecular weight excluding hydrogens is 217 g/mol. The zero-order valence-electron chi connectivity index (χ0n) is 10.6. The number of Topliss-reactive ketones (excluding diaryl/α,β-unsaturated/α-hetero) is 1. The molecule has 0 radical (unpaired) electrons.